The van der Waals surface area contributed by atoms with Crippen LogP contribution in [0.5, 0.6) is 11.5 Å². The van der Waals surface area contributed by atoms with Gasteiger partial charge in [-0.1, -0.05) is 6.07 Å². The number of fused-ring (bicyclic) bond motifs is 1. The maximum Gasteiger partial charge on any atom is 0.231 e. The van der Waals surface area contributed by atoms with Gasteiger partial charge in [0.1, 0.15) is 5.82 Å². The van der Waals surface area contributed by atoms with Gasteiger partial charge in [0.2, 0.25) is 6.79 Å². The maximum absolute atomic E-state index is 12.9. The maximum atomic E-state index is 12.9. The fraction of sp³-hybridized carbons (Fsp3) is 0.235. The van der Waals surface area contributed by atoms with E-state index in [1.165, 1.54) is 12.1 Å². The van der Waals surface area contributed by atoms with Crippen LogP contribution in [0.1, 0.15) is 28.3 Å². The molecule has 2 aromatic carbocycles. The van der Waals surface area contributed by atoms with Crippen molar-refractivity contribution in [1.82, 2.24) is 0 Å². The van der Waals surface area contributed by atoms with Crippen LogP contribution in [0, 0.1) is 11.7 Å². The lowest BCUT2D eigenvalue weighted by atomic mass is 10.0. The fourth-order valence-electron chi connectivity index (χ4n) is 2.83. The molecule has 4 heteroatoms. The topological polar surface area (TPSA) is 35.5 Å². The molecule has 21 heavy (non-hydrogen) atoms. The van der Waals surface area contributed by atoms with Gasteiger partial charge in [0.05, 0.1) is 0 Å². The Morgan fingerprint density at radius 2 is 1.81 bits per heavy atom. The van der Waals surface area contributed by atoms with Crippen molar-refractivity contribution >= 4 is 5.78 Å². The molecule has 106 valence electrons. The van der Waals surface area contributed by atoms with E-state index in [-0.39, 0.29) is 30.2 Å². The van der Waals surface area contributed by atoms with Gasteiger partial charge < -0.3 is 9.47 Å². The summed E-state index contributed by atoms with van der Waals surface area (Å²) in [5.41, 5.74) is 1.67. The molecule has 0 bridgehead atoms. The minimum Gasteiger partial charge on any atom is -0.454 e. The summed E-state index contributed by atoms with van der Waals surface area (Å²) >= 11 is 0. The normalized spacial score (nSPS) is 22.1. The summed E-state index contributed by atoms with van der Waals surface area (Å²) in [5.74, 6) is 1.45. The van der Waals surface area contributed by atoms with Crippen molar-refractivity contribution in [1.29, 1.82) is 0 Å². The molecule has 0 aromatic heterocycles. The van der Waals surface area contributed by atoms with Gasteiger partial charge in [-0.2, -0.15) is 0 Å². The summed E-state index contributed by atoms with van der Waals surface area (Å²) in [7, 11) is 0. The summed E-state index contributed by atoms with van der Waals surface area (Å²) in [6, 6.07) is 11.6. The first kappa shape index (κ1) is 12.4. The summed E-state index contributed by atoms with van der Waals surface area (Å²) in [6.45, 7) is 0.251. The first-order valence-corrected chi connectivity index (χ1v) is 6.92. The Kier molecular flexibility index (Phi) is 2.70. The second kappa shape index (κ2) is 4.58. The first-order chi connectivity index (χ1) is 10.2. The molecule has 1 aliphatic carbocycles. The Balaban J connectivity index is 1.52. The molecule has 2 atom stereocenters. The van der Waals surface area contributed by atoms with Crippen molar-refractivity contribution in [2.75, 3.05) is 6.79 Å². The third kappa shape index (κ3) is 2.17. The molecule has 2 unspecified atom stereocenters. The Labute approximate surface area is 121 Å². The number of halogens is 1. The standard InChI is InChI=1S/C17H13FO3/c18-12-4-1-10(2-5-12)17(19)14-8-13(14)11-3-6-15-16(7-11)21-9-20-15/h1-7,13-14H,8-9H2. The van der Waals surface area contributed by atoms with Crippen LogP contribution in [0.2, 0.25) is 0 Å². The number of Topliss-reactive ketones (excluding diaryl/α,β-unsaturated/α-hetero) is 1. The lowest BCUT2D eigenvalue weighted by Gasteiger charge is -2.03. The van der Waals surface area contributed by atoms with Crippen LogP contribution in [0.4, 0.5) is 4.39 Å². The number of hydrogen-bond acceptors (Lipinski definition) is 3. The molecule has 0 saturated heterocycles. The monoisotopic (exact) mass is 284 g/mol. The van der Waals surface area contributed by atoms with E-state index in [0.29, 0.717) is 5.56 Å². The minimum absolute atomic E-state index is 0.0177. The Hall–Kier alpha value is -2.36. The summed E-state index contributed by atoms with van der Waals surface area (Å²) in [6.07, 6.45) is 0.829. The smallest absolute Gasteiger partial charge is 0.231 e. The Morgan fingerprint density at radius 1 is 1.05 bits per heavy atom. The van der Waals surface area contributed by atoms with Gasteiger partial charge in [-0.3, -0.25) is 4.79 Å². The zero-order chi connectivity index (χ0) is 14.4. The molecule has 1 heterocycles. The van der Waals surface area contributed by atoms with Crippen LogP contribution in [-0.4, -0.2) is 12.6 Å². The summed E-state index contributed by atoms with van der Waals surface area (Å²) in [4.78, 5) is 12.4. The predicted octanol–water partition coefficient (Wildman–Crippen LogP) is 3.54. The highest BCUT2D eigenvalue weighted by Crippen LogP contribution is 2.50. The van der Waals surface area contributed by atoms with Crippen molar-refractivity contribution in [2.24, 2.45) is 5.92 Å². The first-order valence-electron chi connectivity index (χ1n) is 6.92. The van der Waals surface area contributed by atoms with Crippen molar-refractivity contribution in [3.63, 3.8) is 0 Å². The van der Waals surface area contributed by atoms with Crippen molar-refractivity contribution in [3.8, 4) is 11.5 Å². The van der Waals surface area contributed by atoms with E-state index < -0.39 is 0 Å². The van der Waals surface area contributed by atoms with Gasteiger partial charge in [-0.25, -0.2) is 4.39 Å². The molecule has 0 spiro atoms. The number of carbonyl (C=O) groups excluding carboxylic acids is 1. The van der Waals surface area contributed by atoms with Gasteiger partial charge in [-0.15, -0.1) is 0 Å². The van der Waals surface area contributed by atoms with Gasteiger partial charge in [0.25, 0.3) is 0 Å². The van der Waals surface area contributed by atoms with Crippen molar-refractivity contribution in [2.45, 2.75) is 12.3 Å². The number of rotatable bonds is 3. The molecule has 0 N–H and O–H groups in total. The lowest BCUT2D eigenvalue weighted by Crippen LogP contribution is -2.03. The fourth-order valence-corrected chi connectivity index (χ4v) is 2.83. The molecule has 4 rings (SSSR count). The van der Waals surface area contributed by atoms with Gasteiger partial charge in [0.15, 0.2) is 17.3 Å². The van der Waals surface area contributed by atoms with E-state index in [0.717, 1.165) is 23.5 Å². The highest BCUT2D eigenvalue weighted by Gasteiger charge is 2.44. The number of hydrogen-bond donors (Lipinski definition) is 0. The second-order valence-corrected chi connectivity index (χ2v) is 5.43. The van der Waals surface area contributed by atoms with Crippen LogP contribution in [0.25, 0.3) is 0 Å². The molecular formula is C17H13FO3. The van der Waals surface area contributed by atoms with Gasteiger partial charge in [0, 0.05) is 11.5 Å². The van der Waals surface area contributed by atoms with E-state index in [4.69, 9.17) is 9.47 Å². The summed E-state index contributed by atoms with van der Waals surface area (Å²) in [5, 5.41) is 0. The van der Waals surface area contributed by atoms with Crippen LogP contribution in [0.15, 0.2) is 42.5 Å². The van der Waals surface area contributed by atoms with Crippen molar-refractivity contribution < 1.29 is 18.7 Å². The third-order valence-corrected chi connectivity index (χ3v) is 4.08. The SMILES string of the molecule is O=C(c1ccc(F)cc1)C1CC1c1ccc2c(c1)OCO2. The van der Waals surface area contributed by atoms with Gasteiger partial charge >= 0.3 is 0 Å². The molecule has 0 amide bonds. The average molecular weight is 284 g/mol. The third-order valence-electron chi connectivity index (χ3n) is 4.08. The van der Waals surface area contributed by atoms with E-state index in [9.17, 15) is 9.18 Å². The van der Waals surface area contributed by atoms with E-state index in [1.54, 1.807) is 12.1 Å². The van der Waals surface area contributed by atoms with Crippen LogP contribution in [0.3, 0.4) is 0 Å². The van der Waals surface area contributed by atoms with Crippen LogP contribution >= 0.6 is 0 Å². The van der Waals surface area contributed by atoms with E-state index in [1.807, 2.05) is 18.2 Å². The molecule has 2 aliphatic rings. The molecule has 2 aromatic rings. The average Bonchev–Trinajstić information content (AvgIpc) is 3.17. The molecule has 1 fully saturated rings. The van der Waals surface area contributed by atoms with E-state index >= 15 is 0 Å². The van der Waals surface area contributed by atoms with E-state index in [2.05, 4.69) is 0 Å². The molecule has 3 nitrogen and oxygen atoms in total. The Morgan fingerprint density at radius 3 is 2.62 bits per heavy atom. The Bertz CT molecular complexity index is 708. The zero-order valence-electron chi connectivity index (χ0n) is 11.2. The molecule has 1 saturated carbocycles. The minimum atomic E-state index is -0.324. The second-order valence-electron chi connectivity index (χ2n) is 5.43. The summed E-state index contributed by atoms with van der Waals surface area (Å²) < 4.78 is 23.5. The van der Waals surface area contributed by atoms with Crippen LogP contribution in [-0.2, 0) is 0 Å². The molecule has 1 aliphatic heterocycles. The van der Waals surface area contributed by atoms with Crippen LogP contribution < -0.4 is 9.47 Å². The highest BCUT2D eigenvalue weighted by molar-refractivity contribution is 6.00. The lowest BCUT2D eigenvalue weighted by molar-refractivity contribution is 0.0965. The number of benzene rings is 2. The zero-order valence-corrected chi connectivity index (χ0v) is 11.2. The molecule has 0 radical (unpaired) electrons. The molecular weight excluding hydrogens is 271 g/mol. The predicted molar refractivity (Wildman–Crippen MR) is 74.1 cm³/mol. The number of ketones is 1. The quantitative estimate of drug-likeness (QED) is 0.809. The number of ether oxygens (including phenoxy) is 2. The largest absolute Gasteiger partial charge is 0.454 e. The highest BCUT2D eigenvalue weighted by atomic mass is 19.1. The van der Waals surface area contributed by atoms with Crippen molar-refractivity contribution in [3.05, 3.63) is 59.4 Å². The van der Waals surface area contributed by atoms with Gasteiger partial charge in [-0.05, 0) is 54.3 Å². The number of carbonyl (C=O) groups is 1.